The molecule has 1 N–H and O–H groups in total. The van der Waals surface area contributed by atoms with Gasteiger partial charge in [-0.05, 0) is 35.6 Å². The van der Waals surface area contributed by atoms with Crippen LogP contribution in [0, 0.1) is 6.92 Å². The van der Waals surface area contributed by atoms with E-state index in [1.54, 1.807) is 11.3 Å². The van der Waals surface area contributed by atoms with Gasteiger partial charge in [0.2, 0.25) is 0 Å². The Morgan fingerprint density at radius 3 is 2.67 bits per heavy atom. The molecule has 1 nitrogen and oxygen atoms in total. The molecule has 1 aromatic heterocycles. The van der Waals surface area contributed by atoms with Crippen LogP contribution in [0.4, 0.5) is 0 Å². The Bertz CT molecular complexity index is 464. The molecule has 2 aromatic rings. The predicted octanol–water partition coefficient (Wildman–Crippen LogP) is 3.90. The maximum atomic E-state index is 10.2. The quantitative estimate of drug-likeness (QED) is 0.886. The number of hydrogen-bond acceptors (Lipinski definition) is 2. The summed E-state index contributed by atoms with van der Waals surface area (Å²) < 4.78 is 0.946. The van der Waals surface area contributed by atoms with Crippen LogP contribution in [0.15, 0.2) is 40.2 Å². The van der Waals surface area contributed by atoms with E-state index >= 15 is 0 Å². The first kappa shape index (κ1) is 10.9. The summed E-state index contributed by atoms with van der Waals surface area (Å²) in [5.74, 6) is 0. The van der Waals surface area contributed by atoms with Crippen molar-refractivity contribution in [2.75, 3.05) is 0 Å². The smallest absolute Gasteiger partial charge is 0.106 e. The molecule has 0 fully saturated rings. The minimum Gasteiger partial charge on any atom is -0.384 e. The van der Waals surface area contributed by atoms with Crippen LogP contribution >= 0.6 is 27.3 Å². The molecule has 0 radical (unpaired) electrons. The van der Waals surface area contributed by atoms with Crippen LogP contribution in [0.25, 0.3) is 0 Å². The first-order chi connectivity index (χ1) is 7.18. The number of aliphatic hydroxyl groups excluding tert-OH is 1. The summed E-state index contributed by atoms with van der Waals surface area (Å²) >= 11 is 5.10. The largest absolute Gasteiger partial charge is 0.384 e. The maximum absolute atomic E-state index is 10.2. The number of aliphatic hydroxyl groups is 1. The van der Waals surface area contributed by atoms with Crippen molar-refractivity contribution in [1.82, 2.24) is 0 Å². The summed E-state index contributed by atoms with van der Waals surface area (Å²) in [6.07, 6.45) is -0.537. The van der Waals surface area contributed by atoms with Gasteiger partial charge in [-0.15, -0.1) is 11.3 Å². The lowest BCUT2D eigenvalue weighted by atomic mass is 10.0. The fraction of sp³-hybridized carbons (Fsp3) is 0.167. The summed E-state index contributed by atoms with van der Waals surface area (Å²) in [7, 11) is 0. The van der Waals surface area contributed by atoms with Gasteiger partial charge in [0.05, 0.1) is 0 Å². The van der Waals surface area contributed by atoms with E-state index in [0.717, 1.165) is 15.6 Å². The highest BCUT2D eigenvalue weighted by atomic mass is 79.9. The highest BCUT2D eigenvalue weighted by Gasteiger charge is 2.13. The molecule has 0 saturated heterocycles. The van der Waals surface area contributed by atoms with Gasteiger partial charge in [-0.25, -0.2) is 0 Å². The Morgan fingerprint density at radius 2 is 2.07 bits per heavy atom. The first-order valence-corrected chi connectivity index (χ1v) is 6.33. The minimum absolute atomic E-state index is 0.537. The highest BCUT2D eigenvalue weighted by Crippen LogP contribution is 2.30. The van der Waals surface area contributed by atoms with E-state index in [4.69, 9.17) is 0 Å². The standard InChI is InChI=1S/C12H11BrOS/c1-8-6-9(7-15-8)12(14)10-4-2-3-5-11(10)13/h2-7,12,14H,1H3. The van der Waals surface area contributed by atoms with Crippen LogP contribution in [0.3, 0.4) is 0 Å². The monoisotopic (exact) mass is 282 g/mol. The third-order valence-corrected chi connectivity index (χ3v) is 3.87. The molecule has 0 spiro atoms. The van der Waals surface area contributed by atoms with E-state index in [-0.39, 0.29) is 0 Å². The van der Waals surface area contributed by atoms with E-state index in [1.165, 1.54) is 4.88 Å². The Hall–Kier alpha value is -0.640. The van der Waals surface area contributed by atoms with Gasteiger partial charge < -0.3 is 5.11 Å². The van der Waals surface area contributed by atoms with Gasteiger partial charge in [0.15, 0.2) is 0 Å². The van der Waals surface area contributed by atoms with Crippen molar-refractivity contribution >= 4 is 27.3 Å². The zero-order chi connectivity index (χ0) is 10.8. The zero-order valence-electron chi connectivity index (χ0n) is 8.27. The van der Waals surface area contributed by atoms with Crippen molar-refractivity contribution in [2.24, 2.45) is 0 Å². The molecule has 1 aromatic carbocycles. The maximum Gasteiger partial charge on any atom is 0.106 e. The number of hydrogen-bond donors (Lipinski definition) is 1. The second-order valence-corrected chi connectivity index (χ2v) is 5.38. The van der Waals surface area contributed by atoms with Gasteiger partial charge in [-0.1, -0.05) is 34.1 Å². The number of aryl methyl sites for hydroxylation is 1. The summed E-state index contributed by atoms with van der Waals surface area (Å²) in [5.41, 5.74) is 1.87. The van der Waals surface area contributed by atoms with Gasteiger partial charge in [-0.3, -0.25) is 0 Å². The average molecular weight is 283 g/mol. The van der Waals surface area contributed by atoms with Gasteiger partial charge in [0.1, 0.15) is 6.10 Å². The van der Waals surface area contributed by atoms with Crippen molar-refractivity contribution in [3.05, 3.63) is 56.2 Å². The Kier molecular flexibility index (Phi) is 3.24. The van der Waals surface area contributed by atoms with E-state index in [1.807, 2.05) is 42.6 Å². The Balaban J connectivity index is 2.36. The van der Waals surface area contributed by atoms with E-state index < -0.39 is 6.10 Å². The highest BCUT2D eigenvalue weighted by molar-refractivity contribution is 9.10. The van der Waals surface area contributed by atoms with Crippen molar-refractivity contribution in [3.63, 3.8) is 0 Å². The van der Waals surface area contributed by atoms with Crippen LogP contribution in [0.1, 0.15) is 22.1 Å². The second-order valence-electron chi connectivity index (χ2n) is 3.41. The van der Waals surface area contributed by atoms with Gasteiger partial charge >= 0.3 is 0 Å². The van der Waals surface area contributed by atoms with E-state index in [2.05, 4.69) is 15.9 Å². The predicted molar refractivity (Wildman–Crippen MR) is 67.3 cm³/mol. The molecule has 0 aliphatic rings. The molecule has 15 heavy (non-hydrogen) atoms. The van der Waals surface area contributed by atoms with Crippen molar-refractivity contribution in [3.8, 4) is 0 Å². The molecule has 1 heterocycles. The SMILES string of the molecule is Cc1cc(C(O)c2ccccc2Br)cs1. The summed E-state index contributed by atoms with van der Waals surface area (Å²) in [6.45, 7) is 2.04. The molecule has 78 valence electrons. The number of thiophene rings is 1. The number of rotatable bonds is 2. The first-order valence-electron chi connectivity index (χ1n) is 4.66. The molecule has 3 heteroatoms. The van der Waals surface area contributed by atoms with Crippen LogP contribution in [-0.4, -0.2) is 5.11 Å². The molecule has 2 rings (SSSR count). The van der Waals surface area contributed by atoms with Crippen molar-refractivity contribution in [1.29, 1.82) is 0 Å². The lowest BCUT2D eigenvalue weighted by molar-refractivity contribution is 0.220. The van der Waals surface area contributed by atoms with Gasteiger partial charge in [0, 0.05) is 9.35 Å². The minimum atomic E-state index is -0.537. The fourth-order valence-electron chi connectivity index (χ4n) is 1.48. The fourth-order valence-corrected chi connectivity index (χ4v) is 2.71. The molecule has 0 aliphatic heterocycles. The van der Waals surface area contributed by atoms with Gasteiger partial charge in [-0.2, -0.15) is 0 Å². The van der Waals surface area contributed by atoms with Crippen molar-refractivity contribution in [2.45, 2.75) is 13.0 Å². The topological polar surface area (TPSA) is 20.2 Å². The summed E-state index contributed by atoms with van der Waals surface area (Å²) in [6, 6.07) is 9.77. The Morgan fingerprint density at radius 1 is 1.33 bits per heavy atom. The molecule has 0 amide bonds. The second kappa shape index (κ2) is 4.47. The van der Waals surface area contributed by atoms with E-state index in [0.29, 0.717) is 0 Å². The van der Waals surface area contributed by atoms with E-state index in [9.17, 15) is 5.11 Å². The number of halogens is 1. The van der Waals surface area contributed by atoms with Crippen LogP contribution in [0.5, 0.6) is 0 Å². The Labute approximate surface area is 102 Å². The molecular formula is C12H11BrOS. The lowest BCUT2D eigenvalue weighted by Gasteiger charge is -2.10. The average Bonchev–Trinajstić information content (AvgIpc) is 2.65. The zero-order valence-corrected chi connectivity index (χ0v) is 10.7. The summed E-state index contributed by atoms with van der Waals surface area (Å²) in [4.78, 5) is 1.22. The molecule has 0 saturated carbocycles. The molecule has 0 bridgehead atoms. The summed E-state index contributed by atoms with van der Waals surface area (Å²) in [5, 5.41) is 12.2. The lowest BCUT2D eigenvalue weighted by Crippen LogP contribution is -1.98. The van der Waals surface area contributed by atoms with Crippen LogP contribution in [0.2, 0.25) is 0 Å². The number of benzene rings is 1. The third kappa shape index (κ3) is 2.30. The third-order valence-electron chi connectivity index (χ3n) is 2.27. The van der Waals surface area contributed by atoms with Crippen molar-refractivity contribution < 1.29 is 5.11 Å². The van der Waals surface area contributed by atoms with Gasteiger partial charge in [0.25, 0.3) is 0 Å². The molecule has 0 aliphatic carbocycles. The van der Waals surface area contributed by atoms with Crippen LogP contribution < -0.4 is 0 Å². The molecule has 1 unspecified atom stereocenters. The van der Waals surface area contributed by atoms with Crippen LogP contribution in [-0.2, 0) is 0 Å². The normalized spacial score (nSPS) is 12.7. The molecular weight excluding hydrogens is 272 g/mol. The molecule has 1 atom stereocenters.